The van der Waals surface area contributed by atoms with Gasteiger partial charge in [-0.1, -0.05) is 48.2 Å². The fourth-order valence-corrected chi connectivity index (χ4v) is 5.14. The van der Waals surface area contributed by atoms with E-state index in [1.807, 2.05) is 18.2 Å². The van der Waals surface area contributed by atoms with Crippen molar-refractivity contribution in [2.24, 2.45) is 0 Å². The first-order chi connectivity index (χ1) is 18.4. The van der Waals surface area contributed by atoms with Crippen LogP contribution in [0.1, 0.15) is 26.3 Å². The van der Waals surface area contributed by atoms with Crippen LogP contribution in [0.3, 0.4) is 0 Å². The predicted octanol–water partition coefficient (Wildman–Crippen LogP) is 4.13. The Morgan fingerprint density at radius 2 is 1.55 bits per heavy atom. The van der Waals surface area contributed by atoms with Gasteiger partial charge in [0, 0.05) is 5.69 Å². The van der Waals surface area contributed by atoms with Crippen molar-refractivity contribution in [2.45, 2.75) is 0 Å². The molecule has 190 valence electrons. The molecule has 2 aliphatic heterocycles. The van der Waals surface area contributed by atoms with Crippen LogP contribution in [0, 0.1) is 0 Å². The summed E-state index contributed by atoms with van der Waals surface area (Å²) in [5.41, 5.74) is 1.68. The Morgan fingerprint density at radius 3 is 2.21 bits per heavy atom. The van der Waals surface area contributed by atoms with Gasteiger partial charge in [-0.25, -0.2) is 0 Å². The van der Waals surface area contributed by atoms with Gasteiger partial charge in [-0.3, -0.25) is 19.2 Å². The van der Waals surface area contributed by atoms with Crippen LogP contribution in [0.25, 0.3) is 6.08 Å². The number of fused-ring (bicyclic) bond motifs is 1. The van der Waals surface area contributed by atoms with Gasteiger partial charge in [-0.05, 0) is 60.3 Å². The van der Waals surface area contributed by atoms with Crippen LogP contribution < -0.4 is 14.8 Å². The molecule has 2 heterocycles. The number of hydrogen-bond acceptors (Lipinski definition) is 8. The minimum atomic E-state index is -0.609. The predicted molar refractivity (Wildman–Crippen MR) is 146 cm³/mol. The van der Waals surface area contributed by atoms with Crippen molar-refractivity contribution < 1.29 is 28.7 Å². The number of ether oxygens (including phenoxy) is 2. The van der Waals surface area contributed by atoms with Crippen LogP contribution in [-0.2, 0) is 9.59 Å². The molecule has 3 aromatic rings. The van der Waals surface area contributed by atoms with Gasteiger partial charge in [0.2, 0.25) is 0 Å². The molecule has 0 aliphatic carbocycles. The molecule has 0 saturated carbocycles. The Labute approximate surface area is 227 Å². The average molecular weight is 546 g/mol. The van der Waals surface area contributed by atoms with E-state index in [2.05, 4.69) is 5.32 Å². The third-order valence-corrected chi connectivity index (χ3v) is 6.93. The molecule has 1 saturated heterocycles. The van der Waals surface area contributed by atoms with Crippen LogP contribution >= 0.6 is 24.0 Å². The second-order valence-electron chi connectivity index (χ2n) is 8.07. The summed E-state index contributed by atoms with van der Waals surface area (Å²) in [4.78, 5) is 51.3. The molecule has 4 amide bonds. The summed E-state index contributed by atoms with van der Waals surface area (Å²) in [6.45, 7) is -0.233. The molecule has 0 unspecified atom stereocenters. The highest BCUT2D eigenvalue weighted by atomic mass is 32.2. The zero-order valence-electron chi connectivity index (χ0n) is 19.9. The number of thiocarbonyl (C=S) groups is 1. The number of nitrogens with zero attached hydrogens (tertiary/aromatic N) is 2. The molecule has 3 aromatic carbocycles. The van der Waals surface area contributed by atoms with Crippen molar-refractivity contribution in [1.29, 1.82) is 0 Å². The molecule has 0 spiro atoms. The topological polar surface area (TPSA) is 105 Å². The molecule has 1 N–H and O–H groups in total. The van der Waals surface area contributed by atoms with Crippen LogP contribution in [-0.4, -0.2) is 51.7 Å². The number of hydrogen-bond donors (Lipinski definition) is 1. The summed E-state index contributed by atoms with van der Waals surface area (Å²) >= 11 is 6.31. The molecular formula is C27H19N3O6S2. The monoisotopic (exact) mass is 545 g/mol. The lowest BCUT2D eigenvalue weighted by Crippen LogP contribution is -2.48. The molecule has 0 atom stereocenters. The molecule has 0 aromatic heterocycles. The normalized spacial score (nSPS) is 15.8. The maximum Gasteiger partial charge on any atom is 0.285 e. The lowest BCUT2D eigenvalue weighted by Gasteiger charge is -2.23. The highest BCUT2D eigenvalue weighted by molar-refractivity contribution is 8.26. The number of carbonyl (C=O) groups excluding carboxylic acids is 4. The largest absolute Gasteiger partial charge is 0.493 e. The number of carbonyl (C=O) groups is 4. The van der Waals surface area contributed by atoms with Gasteiger partial charge < -0.3 is 14.8 Å². The molecular weight excluding hydrogens is 526 g/mol. The molecule has 9 nitrogen and oxygen atoms in total. The molecule has 38 heavy (non-hydrogen) atoms. The summed E-state index contributed by atoms with van der Waals surface area (Å²) in [5.74, 6) is -1.45. The Bertz CT molecular complexity index is 1490. The van der Waals surface area contributed by atoms with Crippen LogP contribution in [0.2, 0.25) is 0 Å². The molecule has 0 radical (unpaired) electrons. The second-order valence-corrected chi connectivity index (χ2v) is 9.75. The number of para-hydroxylation sites is 1. The molecule has 0 bridgehead atoms. The van der Waals surface area contributed by atoms with E-state index in [1.54, 1.807) is 48.5 Å². The number of hydrazine groups is 1. The van der Waals surface area contributed by atoms with Gasteiger partial charge in [0.15, 0.2) is 22.4 Å². The van der Waals surface area contributed by atoms with Crippen molar-refractivity contribution in [1.82, 2.24) is 10.0 Å². The summed E-state index contributed by atoms with van der Waals surface area (Å²) in [5, 5.41) is 4.44. The maximum absolute atomic E-state index is 13.2. The Hall–Kier alpha value is -4.48. The van der Waals surface area contributed by atoms with Gasteiger partial charge in [0.1, 0.15) is 0 Å². The van der Waals surface area contributed by atoms with Gasteiger partial charge in [-0.2, -0.15) is 10.0 Å². The zero-order valence-corrected chi connectivity index (χ0v) is 21.5. The minimum absolute atomic E-state index is 0.0621. The Balaban J connectivity index is 1.30. The van der Waals surface area contributed by atoms with Crippen molar-refractivity contribution in [3.8, 4) is 11.5 Å². The van der Waals surface area contributed by atoms with Gasteiger partial charge in [-0.15, -0.1) is 0 Å². The first-order valence-corrected chi connectivity index (χ1v) is 12.5. The molecule has 1 fully saturated rings. The highest BCUT2D eigenvalue weighted by Crippen LogP contribution is 2.37. The Morgan fingerprint density at radius 1 is 0.895 bits per heavy atom. The Kier molecular flexibility index (Phi) is 6.95. The van der Waals surface area contributed by atoms with Crippen LogP contribution in [0.15, 0.2) is 77.7 Å². The quantitative estimate of drug-likeness (QED) is 0.269. The summed E-state index contributed by atoms with van der Waals surface area (Å²) in [6.07, 6.45) is 1.58. The van der Waals surface area contributed by atoms with Crippen LogP contribution in [0.4, 0.5) is 5.69 Å². The first kappa shape index (κ1) is 25.2. The van der Waals surface area contributed by atoms with Crippen molar-refractivity contribution >= 4 is 63.7 Å². The van der Waals surface area contributed by atoms with E-state index < -0.39 is 17.7 Å². The fourth-order valence-electron chi connectivity index (χ4n) is 3.90. The third kappa shape index (κ3) is 4.76. The maximum atomic E-state index is 13.2. The third-order valence-electron chi connectivity index (χ3n) is 5.65. The minimum Gasteiger partial charge on any atom is -0.493 e. The smallest absolute Gasteiger partial charge is 0.285 e. The first-order valence-electron chi connectivity index (χ1n) is 11.3. The summed E-state index contributed by atoms with van der Waals surface area (Å²) in [7, 11) is 1.46. The van der Waals surface area contributed by atoms with Crippen molar-refractivity contribution in [3.63, 3.8) is 0 Å². The van der Waals surface area contributed by atoms with E-state index in [9.17, 15) is 19.2 Å². The van der Waals surface area contributed by atoms with E-state index in [1.165, 1.54) is 19.2 Å². The molecule has 11 heteroatoms. The fraction of sp³-hybridized carbons (Fsp3) is 0.0741. The van der Waals surface area contributed by atoms with Crippen LogP contribution in [0.5, 0.6) is 11.5 Å². The number of amides is 4. The lowest BCUT2D eigenvalue weighted by molar-refractivity contribution is -0.128. The van der Waals surface area contributed by atoms with Crippen molar-refractivity contribution in [3.05, 3.63) is 94.4 Å². The zero-order chi connectivity index (χ0) is 26.8. The summed E-state index contributed by atoms with van der Waals surface area (Å²) in [6, 6.07) is 20.3. The number of benzene rings is 3. The van der Waals surface area contributed by atoms with Gasteiger partial charge in [0.05, 0.1) is 23.1 Å². The SMILES string of the molecule is COc1cc(/C=C2\SC(=S)N(N3C(=O)c4ccccc4C3=O)C2=O)ccc1OCC(=O)Nc1ccccc1. The standard InChI is InChI=1S/C27H19N3O6S2/c1-35-21-13-16(11-12-20(21)36-15-23(31)28-17-7-3-2-4-8-17)14-22-26(34)30(27(37)38-22)29-24(32)18-9-5-6-10-19(18)25(29)33/h2-14H,15H2,1H3,(H,28,31)/b22-14-. The second kappa shape index (κ2) is 10.5. The van der Waals surface area contributed by atoms with Crippen molar-refractivity contribution in [2.75, 3.05) is 19.0 Å². The average Bonchev–Trinajstić information content (AvgIpc) is 3.34. The van der Waals surface area contributed by atoms with E-state index in [4.69, 9.17) is 21.7 Å². The number of nitrogens with one attached hydrogen (secondary N) is 1. The number of methoxy groups -OCH3 is 1. The van der Waals surface area contributed by atoms with E-state index in [0.717, 1.165) is 21.8 Å². The highest BCUT2D eigenvalue weighted by Gasteiger charge is 2.46. The lowest BCUT2D eigenvalue weighted by atomic mass is 10.1. The number of thioether (sulfide) groups is 1. The number of imide groups is 1. The number of anilines is 1. The van der Waals surface area contributed by atoms with Gasteiger partial charge in [0.25, 0.3) is 23.6 Å². The van der Waals surface area contributed by atoms with E-state index in [0.29, 0.717) is 22.7 Å². The number of rotatable bonds is 7. The molecule has 2 aliphatic rings. The van der Waals surface area contributed by atoms with E-state index in [-0.39, 0.29) is 32.9 Å². The summed E-state index contributed by atoms with van der Waals surface area (Å²) < 4.78 is 11.1. The van der Waals surface area contributed by atoms with E-state index >= 15 is 0 Å². The van der Waals surface area contributed by atoms with Gasteiger partial charge >= 0.3 is 0 Å². The molecule has 5 rings (SSSR count).